The van der Waals surface area contributed by atoms with Crippen LogP contribution in [0.4, 0.5) is 0 Å². The highest BCUT2D eigenvalue weighted by Crippen LogP contribution is 2.12. The molecule has 0 unspecified atom stereocenters. The van der Waals surface area contributed by atoms with Gasteiger partial charge in [0.2, 0.25) is 12.1 Å². The Kier molecular flexibility index (Phi) is 1.66. The van der Waals surface area contributed by atoms with Crippen molar-refractivity contribution >= 4 is 6.29 Å². The maximum atomic E-state index is 10.2. The highest BCUT2D eigenvalue weighted by molar-refractivity contribution is 5.68. The van der Waals surface area contributed by atoms with Crippen molar-refractivity contribution in [2.24, 2.45) is 7.05 Å². The van der Waals surface area contributed by atoms with Crippen molar-refractivity contribution in [1.82, 2.24) is 19.9 Å². The van der Waals surface area contributed by atoms with Gasteiger partial charge in [0.1, 0.15) is 0 Å². The molecule has 6 nitrogen and oxygen atoms in total. The van der Waals surface area contributed by atoms with Crippen LogP contribution in [-0.2, 0) is 7.05 Å². The second kappa shape index (κ2) is 2.81. The molecule has 0 bridgehead atoms. The predicted molar refractivity (Wildman–Crippen MR) is 41.9 cm³/mol. The standard InChI is InChI=1S/C7H6N4O2/c1-11-3-5(2-8-11)7-9-6(4-12)13-10-7/h2-4H,1H3. The predicted octanol–water partition coefficient (Wildman–Crippen LogP) is 0.283. The highest BCUT2D eigenvalue weighted by Gasteiger charge is 2.08. The van der Waals surface area contributed by atoms with Crippen molar-refractivity contribution in [3.8, 4) is 11.4 Å². The second-order valence-corrected chi connectivity index (χ2v) is 2.48. The largest absolute Gasteiger partial charge is 0.331 e. The van der Waals surface area contributed by atoms with E-state index in [-0.39, 0.29) is 5.89 Å². The monoisotopic (exact) mass is 178 g/mol. The Hall–Kier alpha value is -1.98. The normalized spacial score (nSPS) is 10.2. The molecule has 0 atom stereocenters. The van der Waals surface area contributed by atoms with E-state index >= 15 is 0 Å². The summed E-state index contributed by atoms with van der Waals surface area (Å²) in [6.07, 6.45) is 3.84. The van der Waals surface area contributed by atoms with Gasteiger partial charge in [-0.05, 0) is 0 Å². The van der Waals surface area contributed by atoms with E-state index < -0.39 is 0 Å². The molecule has 0 N–H and O–H groups in total. The second-order valence-electron chi connectivity index (χ2n) is 2.48. The van der Waals surface area contributed by atoms with Crippen LogP contribution >= 0.6 is 0 Å². The van der Waals surface area contributed by atoms with Crippen LogP contribution in [-0.4, -0.2) is 26.2 Å². The number of hydrogen-bond donors (Lipinski definition) is 0. The number of hydrogen-bond acceptors (Lipinski definition) is 5. The summed E-state index contributed by atoms with van der Waals surface area (Å²) >= 11 is 0. The van der Waals surface area contributed by atoms with E-state index in [0.717, 1.165) is 5.56 Å². The third-order valence-corrected chi connectivity index (χ3v) is 1.51. The molecule has 2 heterocycles. The molecule has 2 rings (SSSR count). The van der Waals surface area contributed by atoms with Crippen LogP contribution < -0.4 is 0 Å². The molecule has 0 radical (unpaired) electrons. The first-order valence-electron chi connectivity index (χ1n) is 3.57. The molecule has 0 saturated carbocycles. The van der Waals surface area contributed by atoms with E-state index in [9.17, 15) is 4.79 Å². The minimum atomic E-state index is -0.0288. The van der Waals surface area contributed by atoms with Crippen molar-refractivity contribution in [3.05, 3.63) is 18.3 Å². The van der Waals surface area contributed by atoms with Gasteiger partial charge in [-0.15, -0.1) is 0 Å². The van der Waals surface area contributed by atoms with E-state index in [1.807, 2.05) is 0 Å². The third-order valence-electron chi connectivity index (χ3n) is 1.51. The summed E-state index contributed by atoms with van der Waals surface area (Å²) in [7, 11) is 1.78. The quantitative estimate of drug-likeness (QED) is 0.617. The number of aldehydes is 1. The summed E-state index contributed by atoms with van der Waals surface area (Å²) in [6, 6.07) is 0. The summed E-state index contributed by atoms with van der Waals surface area (Å²) in [5, 5.41) is 7.53. The van der Waals surface area contributed by atoms with Gasteiger partial charge in [0.15, 0.2) is 0 Å². The summed E-state index contributed by atoms with van der Waals surface area (Å²) in [5.74, 6) is 0.342. The molecule has 0 amide bonds. The van der Waals surface area contributed by atoms with Gasteiger partial charge in [0, 0.05) is 13.2 Å². The van der Waals surface area contributed by atoms with Crippen molar-refractivity contribution in [2.45, 2.75) is 0 Å². The van der Waals surface area contributed by atoms with Gasteiger partial charge < -0.3 is 4.52 Å². The minimum absolute atomic E-state index is 0.0288. The van der Waals surface area contributed by atoms with Gasteiger partial charge in [-0.2, -0.15) is 10.1 Å². The van der Waals surface area contributed by atoms with Crippen molar-refractivity contribution < 1.29 is 9.32 Å². The molecule has 0 fully saturated rings. The Bertz CT molecular complexity index is 431. The molecule has 13 heavy (non-hydrogen) atoms. The van der Waals surface area contributed by atoms with E-state index in [1.54, 1.807) is 24.1 Å². The summed E-state index contributed by atoms with van der Waals surface area (Å²) < 4.78 is 6.23. The lowest BCUT2D eigenvalue weighted by Gasteiger charge is -1.82. The average molecular weight is 178 g/mol. The fourth-order valence-electron chi connectivity index (χ4n) is 0.937. The molecule has 6 heteroatoms. The number of carbonyl (C=O) groups is 1. The average Bonchev–Trinajstić information content (AvgIpc) is 2.71. The van der Waals surface area contributed by atoms with E-state index in [2.05, 4.69) is 19.8 Å². The maximum absolute atomic E-state index is 10.2. The van der Waals surface area contributed by atoms with Crippen LogP contribution in [0.3, 0.4) is 0 Å². The number of rotatable bonds is 2. The van der Waals surface area contributed by atoms with E-state index in [0.29, 0.717) is 12.1 Å². The molecule has 0 saturated heterocycles. The first kappa shape index (κ1) is 7.66. The summed E-state index contributed by atoms with van der Waals surface area (Å²) in [5.41, 5.74) is 0.722. The van der Waals surface area contributed by atoms with Gasteiger partial charge >= 0.3 is 0 Å². The van der Waals surface area contributed by atoms with E-state index in [4.69, 9.17) is 0 Å². The van der Waals surface area contributed by atoms with Crippen molar-refractivity contribution in [3.63, 3.8) is 0 Å². The number of aromatic nitrogens is 4. The van der Waals surface area contributed by atoms with Crippen LogP contribution in [0.25, 0.3) is 11.4 Å². The lowest BCUT2D eigenvalue weighted by atomic mass is 10.3. The zero-order chi connectivity index (χ0) is 9.26. The zero-order valence-corrected chi connectivity index (χ0v) is 6.84. The lowest BCUT2D eigenvalue weighted by molar-refractivity contribution is 0.108. The first-order valence-corrected chi connectivity index (χ1v) is 3.57. The molecule has 0 spiro atoms. The Morgan fingerprint density at radius 3 is 3.00 bits per heavy atom. The number of carbonyl (C=O) groups excluding carboxylic acids is 1. The zero-order valence-electron chi connectivity index (χ0n) is 6.84. The maximum Gasteiger partial charge on any atom is 0.291 e. The summed E-state index contributed by atoms with van der Waals surface area (Å²) in [4.78, 5) is 14.1. The van der Waals surface area contributed by atoms with Crippen molar-refractivity contribution in [1.29, 1.82) is 0 Å². The first-order chi connectivity index (χ1) is 6.29. The molecular weight excluding hydrogens is 172 g/mol. The topological polar surface area (TPSA) is 73.8 Å². The van der Waals surface area contributed by atoms with Gasteiger partial charge in [-0.1, -0.05) is 5.16 Å². The third kappa shape index (κ3) is 1.33. The Morgan fingerprint density at radius 2 is 2.46 bits per heavy atom. The Morgan fingerprint density at radius 1 is 1.62 bits per heavy atom. The Balaban J connectivity index is 2.40. The van der Waals surface area contributed by atoms with Crippen LogP contribution in [0, 0.1) is 0 Å². The van der Waals surface area contributed by atoms with Gasteiger partial charge in [-0.3, -0.25) is 9.48 Å². The summed E-state index contributed by atoms with van der Waals surface area (Å²) in [6.45, 7) is 0. The highest BCUT2D eigenvalue weighted by atomic mass is 16.5. The fraction of sp³-hybridized carbons (Fsp3) is 0.143. The molecule has 66 valence electrons. The van der Waals surface area contributed by atoms with Crippen molar-refractivity contribution in [2.75, 3.05) is 0 Å². The lowest BCUT2D eigenvalue weighted by Crippen LogP contribution is -1.84. The van der Waals surface area contributed by atoms with E-state index in [1.165, 1.54) is 0 Å². The SMILES string of the molecule is Cn1cc(-c2noc(C=O)n2)cn1. The molecule has 0 aliphatic carbocycles. The van der Waals surface area contributed by atoms with Crippen LogP contribution in [0.2, 0.25) is 0 Å². The molecule has 2 aromatic rings. The van der Waals surface area contributed by atoms with Crippen LogP contribution in [0.1, 0.15) is 10.7 Å². The van der Waals surface area contributed by atoms with Gasteiger partial charge in [0.25, 0.3) is 5.89 Å². The Labute approximate surface area is 73.2 Å². The molecular formula is C7H6N4O2. The minimum Gasteiger partial charge on any atom is -0.331 e. The van der Waals surface area contributed by atoms with Crippen LogP contribution in [0.5, 0.6) is 0 Å². The molecule has 0 aliphatic rings. The molecule has 2 aromatic heterocycles. The van der Waals surface area contributed by atoms with Crippen LogP contribution in [0.15, 0.2) is 16.9 Å². The molecule has 0 aliphatic heterocycles. The number of aryl methyl sites for hydroxylation is 1. The fourth-order valence-corrected chi connectivity index (χ4v) is 0.937. The number of nitrogens with zero attached hydrogens (tertiary/aromatic N) is 4. The van der Waals surface area contributed by atoms with Gasteiger partial charge in [0.05, 0.1) is 11.8 Å². The van der Waals surface area contributed by atoms with Gasteiger partial charge in [-0.25, -0.2) is 0 Å². The smallest absolute Gasteiger partial charge is 0.291 e. The molecule has 0 aromatic carbocycles.